The van der Waals surface area contributed by atoms with Crippen LogP contribution >= 0.6 is 0 Å². The van der Waals surface area contributed by atoms with Gasteiger partial charge in [0.2, 0.25) is 5.90 Å². The summed E-state index contributed by atoms with van der Waals surface area (Å²) in [6.45, 7) is 0.255. The summed E-state index contributed by atoms with van der Waals surface area (Å²) in [5.41, 5.74) is 14.6. The van der Waals surface area contributed by atoms with Crippen LogP contribution in [0.3, 0.4) is 0 Å². The first-order valence-corrected chi connectivity index (χ1v) is 12.1. The summed E-state index contributed by atoms with van der Waals surface area (Å²) >= 11 is 0. The van der Waals surface area contributed by atoms with E-state index < -0.39 is 23.1 Å². The summed E-state index contributed by atoms with van der Waals surface area (Å²) < 4.78 is 38.5. The molecule has 202 valence electrons. The lowest BCUT2D eigenvalue weighted by Crippen LogP contribution is -2.52. The number of aliphatic hydroxyl groups is 1. The van der Waals surface area contributed by atoms with Crippen LogP contribution in [0.2, 0.25) is 0 Å². The van der Waals surface area contributed by atoms with Crippen LogP contribution in [0.1, 0.15) is 23.1 Å². The zero-order valence-electron chi connectivity index (χ0n) is 20.8. The van der Waals surface area contributed by atoms with Gasteiger partial charge in [0.05, 0.1) is 6.61 Å². The molecule has 1 aliphatic rings. The quantitative estimate of drug-likeness (QED) is 0.104. The number of ether oxygens (including phenoxy) is 2. The molecule has 0 fully saturated rings. The van der Waals surface area contributed by atoms with E-state index in [0.29, 0.717) is 41.2 Å². The lowest BCUT2D eigenvalue weighted by Gasteiger charge is -2.24. The summed E-state index contributed by atoms with van der Waals surface area (Å²) in [7, 11) is 0. The van der Waals surface area contributed by atoms with E-state index in [0.717, 1.165) is 18.2 Å². The number of hydrazine groups is 1. The van der Waals surface area contributed by atoms with E-state index in [1.54, 1.807) is 48.5 Å². The Kier molecular flexibility index (Phi) is 9.06. The van der Waals surface area contributed by atoms with Crippen LogP contribution in [0, 0.1) is 11.6 Å². The van der Waals surface area contributed by atoms with Gasteiger partial charge in [-0.05, 0) is 53.1 Å². The van der Waals surface area contributed by atoms with E-state index in [2.05, 4.69) is 25.9 Å². The number of rotatable bonds is 12. The van der Waals surface area contributed by atoms with Crippen LogP contribution < -0.4 is 15.6 Å². The molecule has 12 heteroatoms. The highest BCUT2D eigenvalue weighted by Crippen LogP contribution is 2.31. The predicted octanol–water partition coefficient (Wildman–Crippen LogP) is 4.25. The zero-order valence-corrected chi connectivity index (χ0v) is 20.8. The fraction of sp³-hybridized carbons (Fsp3) is 0.259. The molecule has 3 aromatic carbocycles. The van der Waals surface area contributed by atoms with Crippen molar-refractivity contribution in [3.63, 3.8) is 0 Å². The number of nitrogens with one attached hydrogen (secondary N) is 2. The van der Waals surface area contributed by atoms with Crippen LogP contribution in [0.5, 0.6) is 5.75 Å². The Balaban J connectivity index is 1.57. The zero-order chi connectivity index (χ0) is 27.7. The summed E-state index contributed by atoms with van der Waals surface area (Å²) in [4.78, 5) is 21.0. The summed E-state index contributed by atoms with van der Waals surface area (Å²) in [5, 5.41) is 12.6. The predicted molar refractivity (Wildman–Crippen MR) is 139 cm³/mol. The number of carbonyl (C=O) groups excluding carboxylic acids is 1. The number of hydrogen-bond acceptors (Lipinski definition) is 7. The van der Waals surface area contributed by atoms with Crippen LogP contribution in [-0.4, -0.2) is 42.3 Å². The molecule has 0 aromatic heterocycles. The van der Waals surface area contributed by atoms with Gasteiger partial charge in [-0.3, -0.25) is 10.2 Å². The first kappa shape index (κ1) is 27.5. The fourth-order valence-corrected chi connectivity index (χ4v) is 4.01. The topological polar surface area (TPSA) is 141 Å². The molecule has 0 aliphatic carbocycles. The molecule has 0 saturated carbocycles. The molecule has 1 heterocycles. The second kappa shape index (κ2) is 12.8. The third-order valence-electron chi connectivity index (χ3n) is 5.90. The maximum atomic E-state index is 13.5. The SMILES string of the molecule is [N-]=[N+]=Nc1ccccc1C[C@@]1(C(=O)NNCc2cc(F)cc(F)c2)COC(c2ccc(OCCCO)cc2)=N1. The molecule has 4 rings (SSSR count). The van der Waals surface area contributed by atoms with Crippen LogP contribution in [0.15, 0.2) is 76.8 Å². The Morgan fingerprint density at radius 3 is 2.62 bits per heavy atom. The second-order valence-corrected chi connectivity index (χ2v) is 8.77. The van der Waals surface area contributed by atoms with E-state index in [9.17, 15) is 13.6 Å². The van der Waals surface area contributed by atoms with E-state index in [1.807, 2.05) is 0 Å². The largest absolute Gasteiger partial charge is 0.494 e. The van der Waals surface area contributed by atoms with Gasteiger partial charge in [0, 0.05) is 48.2 Å². The average molecular weight is 537 g/mol. The highest BCUT2D eigenvalue weighted by molar-refractivity contribution is 6.00. The number of benzene rings is 3. The number of hydrogen-bond donors (Lipinski definition) is 3. The van der Waals surface area contributed by atoms with Gasteiger partial charge >= 0.3 is 0 Å². The summed E-state index contributed by atoms with van der Waals surface area (Å²) in [5.74, 6) is -1.16. The van der Waals surface area contributed by atoms with Crippen molar-refractivity contribution in [3.8, 4) is 5.75 Å². The maximum absolute atomic E-state index is 13.5. The average Bonchev–Trinajstić information content (AvgIpc) is 3.35. The van der Waals surface area contributed by atoms with Gasteiger partial charge in [0.1, 0.15) is 24.0 Å². The highest BCUT2D eigenvalue weighted by atomic mass is 19.1. The Bertz CT molecular complexity index is 1380. The van der Waals surface area contributed by atoms with Crippen molar-refractivity contribution in [2.75, 3.05) is 19.8 Å². The summed E-state index contributed by atoms with van der Waals surface area (Å²) in [6.07, 6.45) is 0.560. The normalized spacial score (nSPS) is 16.1. The van der Waals surface area contributed by atoms with Gasteiger partial charge in [-0.1, -0.05) is 29.4 Å². The number of halogens is 2. The van der Waals surface area contributed by atoms with Gasteiger partial charge < -0.3 is 14.6 Å². The molecular formula is C27H26F2N6O4. The first-order valence-electron chi connectivity index (χ1n) is 12.1. The molecule has 0 radical (unpaired) electrons. The smallest absolute Gasteiger partial charge is 0.266 e. The lowest BCUT2D eigenvalue weighted by atomic mass is 9.91. The van der Waals surface area contributed by atoms with E-state index in [4.69, 9.17) is 20.1 Å². The van der Waals surface area contributed by atoms with Crippen molar-refractivity contribution in [2.45, 2.75) is 24.9 Å². The molecule has 3 aromatic rings. The molecule has 0 saturated heterocycles. The molecule has 0 unspecified atom stereocenters. The number of aliphatic imine (C=N–C) groups is 1. The van der Waals surface area contributed by atoms with Gasteiger partial charge in [-0.15, -0.1) is 0 Å². The third kappa shape index (κ3) is 7.08. The van der Waals surface area contributed by atoms with E-state index >= 15 is 0 Å². The molecule has 39 heavy (non-hydrogen) atoms. The fourth-order valence-electron chi connectivity index (χ4n) is 4.01. The molecule has 1 amide bonds. The van der Waals surface area contributed by atoms with Crippen molar-refractivity contribution < 1.29 is 28.2 Å². The molecule has 1 aliphatic heterocycles. The number of amides is 1. The Hall–Kier alpha value is -4.51. The first-order chi connectivity index (χ1) is 18.9. The minimum atomic E-state index is -1.44. The van der Waals surface area contributed by atoms with Gasteiger partial charge in [-0.25, -0.2) is 19.2 Å². The number of carbonyl (C=O) groups is 1. The van der Waals surface area contributed by atoms with Crippen molar-refractivity contribution >= 4 is 17.5 Å². The minimum Gasteiger partial charge on any atom is -0.494 e. The Labute approximate surface area is 222 Å². The van der Waals surface area contributed by atoms with Crippen LogP contribution in [-0.2, 0) is 22.5 Å². The second-order valence-electron chi connectivity index (χ2n) is 8.77. The minimum absolute atomic E-state index is 0.0314. The maximum Gasteiger partial charge on any atom is 0.266 e. The van der Waals surface area contributed by atoms with Crippen LogP contribution in [0.4, 0.5) is 14.5 Å². The van der Waals surface area contributed by atoms with Gasteiger partial charge in [-0.2, -0.15) is 0 Å². The number of azide groups is 1. The lowest BCUT2D eigenvalue weighted by molar-refractivity contribution is -0.127. The standard InChI is InChI=1S/C27H26F2N6O4/c28-21-12-18(13-22(29)14-21)16-31-34-26(37)27(15-20-4-1-2-5-24(20)33-35-30)17-39-25(32-27)19-6-8-23(9-7-19)38-11-3-10-36/h1-2,4-9,12-14,31,36H,3,10-11,15-17H2,(H,34,37)/t27-/m0/s1. The van der Waals surface area contributed by atoms with Crippen LogP contribution in [0.25, 0.3) is 10.4 Å². The van der Waals surface area contributed by atoms with Gasteiger partial charge in [0.15, 0.2) is 5.54 Å². The molecule has 1 atom stereocenters. The number of nitrogens with zero attached hydrogens (tertiary/aromatic N) is 4. The van der Waals surface area contributed by atoms with E-state index in [-0.39, 0.29) is 32.1 Å². The molecule has 0 bridgehead atoms. The monoisotopic (exact) mass is 536 g/mol. The molecule has 3 N–H and O–H groups in total. The van der Waals surface area contributed by atoms with Crippen molar-refractivity contribution in [2.24, 2.45) is 10.1 Å². The molecule has 0 spiro atoms. The van der Waals surface area contributed by atoms with Crippen molar-refractivity contribution in [1.29, 1.82) is 0 Å². The molecule has 10 nitrogen and oxygen atoms in total. The van der Waals surface area contributed by atoms with E-state index in [1.165, 1.54) is 0 Å². The number of aliphatic hydroxyl groups excluding tert-OH is 1. The Morgan fingerprint density at radius 1 is 1.15 bits per heavy atom. The molecular weight excluding hydrogens is 510 g/mol. The highest BCUT2D eigenvalue weighted by Gasteiger charge is 2.45. The third-order valence-corrected chi connectivity index (χ3v) is 5.90. The Morgan fingerprint density at radius 2 is 1.90 bits per heavy atom. The van der Waals surface area contributed by atoms with Crippen molar-refractivity contribution in [1.82, 2.24) is 10.9 Å². The van der Waals surface area contributed by atoms with Gasteiger partial charge in [0.25, 0.3) is 5.91 Å². The summed E-state index contributed by atoms with van der Waals surface area (Å²) in [6, 6.07) is 16.8. The van der Waals surface area contributed by atoms with Crippen molar-refractivity contribution in [3.05, 3.63) is 105 Å².